The predicted octanol–water partition coefficient (Wildman–Crippen LogP) is 2.55. The van der Waals surface area contributed by atoms with Gasteiger partial charge in [0.05, 0.1) is 12.2 Å². The minimum Gasteiger partial charge on any atom is -0.372 e. The lowest BCUT2D eigenvalue weighted by Crippen LogP contribution is -2.55. The second-order valence-electron chi connectivity index (χ2n) is 6.68. The van der Waals surface area contributed by atoms with Crippen molar-refractivity contribution in [2.45, 2.75) is 82.6 Å². The molecule has 3 heteroatoms. The first kappa shape index (κ1) is 13.8. The Morgan fingerprint density at radius 3 is 2.47 bits per heavy atom. The van der Waals surface area contributed by atoms with Crippen LogP contribution in [0.2, 0.25) is 0 Å². The van der Waals surface area contributed by atoms with Crippen molar-refractivity contribution in [2.24, 2.45) is 0 Å². The smallest absolute Gasteiger partial charge is 0.0707 e. The maximum absolute atomic E-state index is 6.00. The van der Waals surface area contributed by atoms with Gasteiger partial charge in [-0.05, 0) is 38.6 Å². The van der Waals surface area contributed by atoms with Gasteiger partial charge < -0.3 is 10.1 Å². The molecule has 2 saturated heterocycles. The number of morpholine rings is 1. The van der Waals surface area contributed by atoms with E-state index in [0.717, 1.165) is 12.1 Å². The largest absolute Gasteiger partial charge is 0.372 e. The summed E-state index contributed by atoms with van der Waals surface area (Å²) in [6.07, 6.45) is 11.9. The van der Waals surface area contributed by atoms with Gasteiger partial charge in [-0.3, -0.25) is 4.90 Å². The highest BCUT2D eigenvalue weighted by atomic mass is 16.5. The highest BCUT2D eigenvalue weighted by Gasteiger charge is 2.38. The summed E-state index contributed by atoms with van der Waals surface area (Å²) in [7, 11) is 0. The van der Waals surface area contributed by atoms with Crippen LogP contribution in [0.5, 0.6) is 0 Å². The third-order valence-corrected chi connectivity index (χ3v) is 5.18. The number of fused-ring (bicyclic) bond motifs is 2. The number of hydrogen-bond donors (Lipinski definition) is 1. The molecule has 4 unspecified atom stereocenters. The Morgan fingerprint density at radius 2 is 1.74 bits per heavy atom. The maximum Gasteiger partial charge on any atom is 0.0707 e. The molecule has 2 heterocycles. The molecule has 2 aliphatic heterocycles. The average molecular weight is 266 g/mol. The molecule has 0 aromatic rings. The van der Waals surface area contributed by atoms with Crippen molar-refractivity contribution in [1.82, 2.24) is 10.2 Å². The highest BCUT2D eigenvalue weighted by Crippen LogP contribution is 2.31. The Labute approximate surface area is 118 Å². The summed E-state index contributed by atoms with van der Waals surface area (Å²) in [6, 6.07) is 1.49. The van der Waals surface area contributed by atoms with E-state index in [1.807, 2.05) is 0 Å². The van der Waals surface area contributed by atoms with Crippen LogP contribution in [0.4, 0.5) is 0 Å². The van der Waals surface area contributed by atoms with Crippen LogP contribution in [0.1, 0.15) is 58.3 Å². The van der Waals surface area contributed by atoms with Crippen molar-refractivity contribution in [1.29, 1.82) is 0 Å². The fourth-order valence-corrected chi connectivity index (χ4v) is 4.21. The van der Waals surface area contributed by atoms with E-state index in [0.29, 0.717) is 12.2 Å². The highest BCUT2D eigenvalue weighted by molar-refractivity contribution is 4.93. The number of hydrogen-bond acceptors (Lipinski definition) is 3. The second kappa shape index (κ2) is 6.55. The van der Waals surface area contributed by atoms with Crippen molar-refractivity contribution < 1.29 is 4.74 Å². The molecule has 3 fully saturated rings. The molecule has 3 nitrogen and oxygen atoms in total. The maximum atomic E-state index is 6.00. The van der Waals surface area contributed by atoms with Gasteiger partial charge in [0, 0.05) is 25.2 Å². The van der Waals surface area contributed by atoms with Crippen molar-refractivity contribution in [3.05, 3.63) is 0 Å². The Kier molecular flexibility index (Phi) is 4.78. The zero-order valence-electron chi connectivity index (χ0n) is 12.4. The summed E-state index contributed by atoms with van der Waals surface area (Å²) >= 11 is 0. The molecule has 19 heavy (non-hydrogen) atoms. The molecule has 0 radical (unpaired) electrons. The van der Waals surface area contributed by atoms with Crippen molar-refractivity contribution >= 4 is 0 Å². The molecule has 0 aromatic carbocycles. The van der Waals surface area contributed by atoms with Gasteiger partial charge in [-0.15, -0.1) is 0 Å². The van der Waals surface area contributed by atoms with Gasteiger partial charge in [-0.1, -0.05) is 26.2 Å². The Morgan fingerprint density at radius 1 is 1.00 bits per heavy atom. The Bertz CT molecular complexity index is 272. The Balaban J connectivity index is 1.64. The van der Waals surface area contributed by atoms with E-state index in [-0.39, 0.29) is 0 Å². The fraction of sp³-hybridized carbons (Fsp3) is 1.00. The lowest BCUT2D eigenvalue weighted by Gasteiger charge is -2.41. The van der Waals surface area contributed by atoms with Crippen LogP contribution in [0.3, 0.4) is 0 Å². The lowest BCUT2D eigenvalue weighted by atomic mass is 10.00. The van der Waals surface area contributed by atoms with Gasteiger partial charge in [0.25, 0.3) is 0 Å². The summed E-state index contributed by atoms with van der Waals surface area (Å²) < 4.78 is 6.00. The van der Waals surface area contributed by atoms with E-state index >= 15 is 0 Å². The number of likely N-dealkylation sites (tertiary alicyclic amines) is 1. The predicted molar refractivity (Wildman–Crippen MR) is 78.4 cm³/mol. The molecule has 0 amide bonds. The monoisotopic (exact) mass is 266 g/mol. The molecule has 4 atom stereocenters. The number of ether oxygens (including phenoxy) is 1. The van der Waals surface area contributed by atoms with Crippen LogP contribution in [0, 0.1) is 0 Å². The first-order valence-corrected chi connectivity index (χ1v) is 8.49. The van der Waals surface area contributed by atoms with Crippen LogP contribution < -0.4 is 5.32 Å². The molecule has 0 aromatic heterocycles. The van der Waals surface area contributed by atoms with Gasteiger partial charge in [-0.2, -0.15) is 0 Å². The molecule has 1 N–H and O–H groups in total. The van der Waals surface area contributed by atoms with Gasteiger partial charge in [0.15, 0.2) is 0 Å². The topological polar surface area (TPSA) is 24.5 Å². The van der Waals surface area contributed by atoms with Crippen LogP contribution >= 0.6 is 0 Å². The molecule has 0 spiro atoms. The van der Waals surface area contributed by atoms with Crippen LogP contribution in [0.15, 0.2) is 0 Å². The van der Waals surface area contributed by atoms with Crippen molar-refractivity contribution in [3.8, 4) is 0 Å². The molecule has 3 rings (SSSR count). The van der Waals surface area contributed by atoms with Crippen molar-refractivity contribution in [3.63, 3.8) is 0 Å². The minimum absolute atomic E-state index is 0.536. The fourth-order valence-electron chi connectivity index (χ4n) is 4.21. The summed E-state index contributed by atoms with van der Waals surface area (Å²) in [5.74, 6) is 0. The van der Waals surface area contributed by atoms with Crippen LogP contribution in [-0.4, -0.2) is 48.8 Å². The zero-order valence-corrected chi connectivity index (χ0v) is 12.4. The summed E-state index contributed by atoms with van der Waals surface area (Å²) in [4.78, 5) is 2.77. The molecule has 2 bridgehead atoms. The average Bonchev–Trinajstić information content (AvgIpc) is 2.66. The zero-order chi connectivity index (χ0) is 13.1. The second-order valence-corrected chi connectivity index (χ2v) is 6.68. The lowest BCUT2D eigenvalue weighted by molar-refractivity contribution is -0.0585. The van der Waals surface area contributed by atoms with E-state index in [1.54, 1.807) is 0 Å². The third-order valence-electron chi connectivity index (χ3n) is 5.18. The van der Waals surface area contributed by atoms with E-state index in [9.17, 15) is 0 Å². The van der Waals surface area contributed by atoms with E-state index in [2.05, 4.69) is 17.1 Å². The first-order chi connectivity index (χ1) is 9.36. The minimum atomic E-state index is 0.536. The number of rotatable bonds is 4. The Hall–Kier alpha value is -0.120. The molecule has 110 valence electrons. The van der Waals surface area contributed by atoms with E-state index in [4.69, 9.17) is 4.74 Å². The molecular weight excluding hydrogens is 236 g/mol. The van der Waals surface area contributed by atoms with Crippen LogP contribution in [0.25, 0.3) is 0 Å². The van der Waals surface area contributed by atoms with Crippen LogP contribution in [-0.2, 0) is 4.74 Å². The summed E-state index contributed by atoms with van der Waals surface area (Å²) in [5.41, 5.74) is 0. The summed E-state index contributed by atoms with van der Waals surface area (Å²) in [5, 5.41) is 3.83. The van der Waals surface area contributed by atoms with Gasteiger partial charge >= 0.3 is 0 Å². The number of nitrogens with one attached hydrogen (secondary N) is 1. The molecule has 1 saturated carbocycles. The van der Waals surface area contributed by atoms with E-state index in [1.165, 1.54) is 71.0 Å². The molecule has 3 aliphatic rings. The van der Waals surface area contributed by atoms with Gasteiger partial charge in [0.2, 0.25) is 0 Å². The normalized spacial score (nSPS) is 40.3. The third kappa shape index (κ3) is 3.32. The van der Waals surface area contributed by atoms with Gasteiger partial charge in [0.1, 0.15) is 0 Å². The molecular formula is C16H30N2O. The quantitative estimate of drug-likeness (QED) is 0.792. The summed E-state index contributed by atoms with van der Waals surface area (Å²) in [6.45, 7) is 5.82. The van der Waals surface area contributed by atoms with E-state index < -0.39 is 0 Å². The first-order valence-electron chi connectivity index (χ1n) is 8.49. The molecule has 1 aliphatic carbocycles. The van der Waals surface area contributed by atoms with Gasteiger partial charge in [-0.25, -0.2) is 0 Å². The SMILES string of the molecule is CCCNC1CCCCCC1N1CC2CCC(C1)O2. The standard InChI is InChI=1S/C16H30N2O/c1-2-10-17-15-6-4-3-5-7-16(15)18-11-13-8-9-14(12-18)19-13/h13-17H,2-12H2,1H3. The number of nitrogens with zero attached hydrogens (tertiary/aromatic N) is 1. The van der Waals surface area contributed by atoms with Crippen molar-refractivity contribution in [2.75, 3.05) is 19.6 Å².